The first-order valence-corrected chi connectivity index (χ1v) is 7.84. The molecule has 2 atom stereocenters. The van der Waals surface area contributed by atoms with Gasteiger partial charge in [0.2, 0.25) is 0 Å². The van der Waals surface area contributed by atoms with E-state index in [4.69, 9.17) is 9.47 Å². The van der Waals surface area contributed by atoms with E-state index in [1.165, 1.54) is 11.1 Å². The van der Waals surface area contributed by atoms with Crippen LogP contribution in [0.2, 0.25) is 0 Å². The summed E-state index contributed by atoms with van der Waals surface area (Å²) in [5.74, 6) is 2.31. The maximum Gasteiger partial charge on any atom is 0.143 e. The van der Waals surface area contributed by atoms with E-state index in [1.807, 2.05) is 12.1 Å². The van der Waals surface area contributed by atoms with Gasteiger partial charge in [-0.15, -0.1) is 12.4 Å². The maximum atomic E-state index is 6.54. The zero-order valence-electron chi connectivity index (χ0n) is 13.5. The second kappa shape index (κ2) is 6.06. The fourth-order valence-electron chi connectivity index (χ4n) is 3.89. The summed E-state index contributed by atoms with van der Waals surface area (Å²) in [7, 11) is 3.90. The van der Waals surface area contributed by atoms with Crippen molar-refractivity contribution in [3.05, 3.63) is 59.7 Å². The fraction of sp³-hybridized carbons (Fsp3) is 0.368. The Morgan fingerprint density at radius 1 is 1.13 bits per heavy atom. The van der Waals surface area contributed by atoms with Crippen LogP contribution in [0.5, 0.6) is 11.5 Å². The number of rotatable bonds is 2. The lowest BCUT2D eigenvalue weighted by molar-refractivity contribution is 0.00700. The van der Waals surface area contributed by atoms with Crippen molar-refractivity contribution in [1.29, 1.82) is 0 Å². The van der Waals surface area contributed by atoms with Crippen LogP contribution in [-0.2, 0) is 5.60 Å². The van der Waals surface area contributed by atoms with E-state index in [9.17, 15) is 0 Å². The van der Waals surface area contributed by atoms with Gasteiger partial charge in [0.05, 0.1) is 7.11 Å². The number of likely N-dealkylation sites (tertiary alicyclic amines) is 1. The first-order valence-electron chi connectivity index (χ1n) is 7.84. The molecular weight excluding hydrogens is 310 g/mol. The zero-order chi connectivity index (χ0) is 15.2. The number of fused-ring (bicyclic) bond motifs is 3. The maximum absolute atomic E-state index is 6.54. The summed E-state index contributed by atoms with van der Waals surface area (Å²) in [4.78, 5) is 2.40. The van der Waals surface area contributed by atoms with Gasteiger partial charge in [0.25, 0.3) is 0 Å². The minimum absolute atomic E-state index is 0. The van der Waals surface area contributed by atoms with Gasteiger partial charge in [-0.3, -0.25) is 0 Å². The third-order valence-electron chi connectivity index (χ3n) is 5.09. The molecule has 2 aliphatic rings. The van der Waals surface area contributed by atoms with Crippen molar-refractivity contribution in [3.63, 3.8) is 0 Å². The Kier molecular flexibility index (Phi) is 4.26. The summed E-state index contributed by atoms with van der Waals surface area (Å²) in [6, 6.07) is 16.9. The normalized spacial score (nSPS) is 25.7. The Morgan fingerprint density at radius 2 is 1.87 bits per heavy atom. The molecule has 1 fully saturated rings. The van der Waals surface area contributed by atoms with Gasteiger partial charge in [-0.1, -0.05) is 30.3 Å². The van der Waals surface area contributed by atoms with Crippen molar-refractivity contribution in [2.75, 3.05) is 27.2 Å². The summed E-state index contributed by atoms with van der Waals surface area (Å²) >= 11 is 0. The molecule has 0 radical (unpaired) electrons. The van der Waals surface area contributed by atoms with Gasteiger partial charge in [0.1, 0.15) is 17.1 Å². The minimum atomic E-state index is -0.234. The highest BCUT2D eigenvalue weighted by molar-refractivity contribution is 5.85. The highest BCUT2D eigenvalue weighted by atomic mass is 35.5. The lowest BCUT2D eigenvalue weighted by Crippen LogP contribution is -2.47. The number of ether oxygens (including phenoxy) is 2. The Balaban J connectivity index is 0.00000156. The largest absolute Gasteiger partial charge is 0.497 e. The van der Waals surface area contributed by atoms with Crippen LogP contribution in [0.25, 0.3) is 0 Å². The Morgan fingerprint density at radius 3 is 2.61 bits per heavy atom. The zero-order valence-corrected chi connectivity index (χ0v) is 14.3. The van der Waals surface area contributed by atoms with Crippen LogP contribution >= 0.6 is 12.4 Å². The van der Waals surface area contributed by atoms with Crippen LogP contribution in [0.4, 0.5) is 0 Å². The monoisotopic (exact) mass is 331 g/mol. The van der Waals surface area contributed by atoms with E-state index in [-0.39, 0.29) is 18.0 Å². The molecule has 0 saturated carbocycles. The second-order valence-electron chi connectivity index (χ2n) is 6.32. The van der Waals surface area contributed by atoms with E-state index >= 15 is 0 Å². The lowest BCUT2D eigenvalue weighted by Gasteiger charge is -2.42. The summed E-state index contributed by atoms with van der Waals surface area (Å²) in [6.07, 6.45) is 1.01. The number of benzene rings is 2. The molecule has 2 heterocycles. The third-order valence-corrected chi connectivity index (χ3v) is 5.09. The van der Waals surface area contributed by atoms with Crippen LogP contribution in [-0.4, -0.2) is 32.1 Å². The van der Waals surface area contributed by atoms with Gasteiger partial charge in [0, 0.05) is 31.0 Å². The van der Waals surface area contributed by atoms with E-state index in [0.29, 0.717) is 5.92 Å². The number of methoxy groups -OCH3 is 1. The molecule has 23 heavy (non-hydrogen) atoms. The SMILES string of the molecule is COc1ccc([C@]23CCN(C)C[C@H]2c2ccccc2O3)cc1.Cl. The van der Waals surface area contributed by atoms with Crippen LogP contribution in [0.3, 0.4) is 0 Å². The molecule has 2 aromatic rings. The van der Waals surface area contributed by atoms with Crippen molar-refractivity contribution in [2.24, 2.45) is 0 Å². The molecule has 0 bridgehead atoms. The van der Waals surface area contributed by atoms with Crippen LogP contribution in [0, 0.1) is 0 Å². The number of likely N-dealkylation sites (N-methyl/N-ethyl adjacent to an activating group) is 1. The van der Waals surface area contributed by atoms with Gasteiger partial charge in [-0.25, -0.2) is 0 Å². The third kappa shape index (κ3) is 2.48. The number of para-hydroxylation sites is 1. The second-order valence-corrected chi connectivity index (χ2v) is 6.32. The quantitative estimate of drug-likeness (QED) is 0.835. The number of halogens is 1. The Labute approximate surface area is 143 Å². The summed E-state index contributed by atoms with van der Waals surface area (Å²) in [6.45, 7) is 2.08. The molecule has 2 aromatic carbocycles. The minimum Gasteiger partial charge on any atom is -0.497 e. The molecule has 122 valence electrons. The topological polar surface area (TPSA) is 21.7 Å². The van der Waals surface area contributed by atoms with Crippen LogP contribution in [0.1, 0.15) is 23.5 Å². The number of hydrogen-bond donors (Lipinski definition) is 0. The van der Waals surface area contributed by atoms with Gasteiger partial charge < -0.3 is 14.4 Å². The Bertz CT molecular complexity index is 688. The Hall–Kier alpha value is -1.71. The van der Waals surface area contributed by atoms with Crippen molar-refractivity contribution >= 4 is 12.4 Å². The molecular formula is C19H22ClNO2. The first-order chi connectivity index (χ1) is 10.7. The molecule has 4 heteroatoms. The molecule has 1 saturated heterocycles. The van der Waals surface area contributed by atoms with E-state index in [0.717, 1.165) is 31.0 Å². The van der Waals surface area contributed by atoms with Gasteiger partial charge in [-0.05, 0) is 30.8 Å². The van der Waals surface area contributed by atoms with E-state index in [2.05, 4.69) is 48.3 Å². The molecule has 0 N–H and O–H groups in total. The summed E-state index contributed by atoms with van der Waals surface area (Å²) < 4.78 is 11.8. The molecule has 4 rings (SSSR count). The van der Waals surface area contributed by atoms with Crippen molar-refractivity contribution in [3.8, 4) is 11.5 Å². The highest BCUT2D eigenvalue weighted by Crippen LogP contribution is 2.54. The lowest BCUT2D eigenvalue weighted by atomic mass is 9.74. The van der Waals surface area contributed by atoms with Crippen molar-refractivity contribution in [2.45, 2.75) is 17.9 Å². The highest BCUT2D eigenvalue weighted by Gasteiger charge is 2.51. The van der Waals surface area contributed by atoms with Gasteiger partial charge in [-0.2, -0.15) is 0 Å². The van der Waals surface area contributed by atoms with E-state index < -0.39 is 0 Å². The molecule has 0 aliphatic carbocycles. The van der Waals surface area contributed by atoms with Crippen LogP contribution < -0.4 is 9.47 Å². The number of hydrogen-bond acceptors (Lipinski definition) is 3. The fourth-order valence-corrected chi connectivity index (χ4v) is 3.89. The molecule has 0 amide bonds. The average Bonchev–Trinajstić information content (AvgIpc) is 2.90. The summed E-state index contributed by atoms with van der Waals surface area (Å²) in [5.41, 5.74) is 2.36. The number of piperidine rings is 1. The van der Waals surface area contributed by atoms with E-state index in [1.54, 1.807) is 7.11 Å². The molecule has 2 aliphatic heterocycles. The van der Waals surface area contributed by atoms with Crippen molar-refractivity contribution in [1.82, 2.24) is 4.90 Å². The summed E-state index contributed by atoms with van der Waals surface area (Å²) in [5, 5.41) is 0. The molecule has 0 spiro atoms. The number of nitrogens with zero attached hydrogens (tertiary/aromatic N) is 1. The average molecular weight is 332 g/mol. The predicted octanol–water partition coefficient (Wildman–Crippen LogP) is 3.82. The predicted molar refractivity (Wildman–Crippen MR) is 93.8 cm³/mol. The van der Waals surface area contributed by atoms with Gasteiger partial charge >= 0.3 is 0 Å². The molecule has 3 nitrogen and oxygen atoms in total. The molecule has 0 unspecified atom stereocenters. The smallest absolute Gasteiger partial charge is 0.143 e. The van der Waals surface area contributed by atoms with Crippen molar-refractivity contribution < 1.29 is 9.47 Å². The first kappa shape index (κ1) is 16.2. The van der Waals surface area contributed by atoms with Gasteiger partial charge in [0.15, 0.2) is 0 Å². The van der Waals surface area contributed by atoms with Crippen LogP contribution in [0.15, 0.2) is 48.5 Å². The standard InChI is InChI=1S/C19H21NO2.ClH/c1-20-12-11-19(14-7-9-15(21-2)10-8-14)17(13-20)16-5-3-4-6-18(16)22-19;/h3-10,17H,11-13H2,1-2H3;1H/t17-,19+;/m0./s1. The molecule has 0 aromatic heterocycles.